The summed E-state index contributed by atoms with van der Waals surface area (Å²) in [5, 5.41) is 11.3. The Morgan fingerprint density at radius 2 is 1.54 bits per heavy atom. The third-order valence-corrected chi connectivity index (χ3v) is 12.5. The minimum atomic E-state index is -4.77. The number of unbranched alkanes of at least 4 members (excludes halogenated alkanes) is 4. The molecule has 1 atom stereocenters. The van der Waals surface area contributed by atoms with Crippen molar-refractivity contribution < 1.29 is 31.5 Å². The second-order valence-corrected chi connectivity index (χ2v) is 16.1. The summed E-state index contributed by atoms with van der Waals surface area (Å²) in [4.78, 5) is 55.8. The van der Waals surface area contributed by atoms with Gasteiger partial charge in [-0.3, -0.25) is 23.3 Å². The average molecular weight is 805 g/mol. The first-order valence-electron chi connectivity index (χ1n) is 18.4. The van der Waals surface area contributed by atoms with Crippen molar-refractivity contribution in [1.82, 2.24) is 27.6 Å². The molecule has 0 spiro atoms. The van der Waals surface area contributed by atoms with Gasteiger partial charge in [0.25, 0.3) is 21.1 Å². The van der Waals surface area contributed by atoms with Gasteiger partial charge < -0.3 is 9.67 Å². The second-order valence-electron chi connectivity index (χ2n) is 14.3. The molecule has 0 saturated carbocycles. The number of carbonyl (C=O) groups is 1. The van der Waals surface area contributed by atoms with Crippen LogP contribution in [0.15, 0.2) is 98.5 Å². The Bertz CT molecular complexity index is 2840. The number of aliphatic carboxylic acids is 1. The summed E-state index contributed by atoms with van der Waals surface area (Å²) < 4.78 is 77.1. The Balaban J connectivity index is 1.18. The summed E-state index contributed by atoms with van der Waals surface area (Å²) in [5.74, 6) is -1.46. The number of benzene rings is 3. The molecule has 1 aliphatic rings. The van der Waals surface area contributed by atoms with Gasteiger partial charge in [-0.05, 0) is 58.9 Å². The summed E-state index contributed by atoms with van der Waals surface area (Å²) in [6.45, 7) is -0.178. The monoisotopic (exact) mass is 804 g/mol. The lowest BCUT2D eigenvalue weighted by Crippen LogP contribution is -2.50. The van der Waals surface area contributed by atoms with E-state index in [1.54, 1.807) is 16.7 Å². The SMILES string of the molecule is Cn1c(=O)c2c(ncn2CCCCCCCN2CC(C(=O)O)n3c(c(-c4cccc(C(F)(F)F)c4)c(Cc4cccc5ccccc45)cc3=O)S2(=O)=O)n(C)c1=O. The van der Waals surface area contributed by atoms with Crippen molar-refractivity contribution in [2.24, 2.45) is 14.1 Å². The number of pyridine rings is 1. The Hall–Kier alpha value is -5.81. The van der Waals surface area contributed by atoms with E-state index in [1.165, 1.54) is 31.1 Å². The van der Waals surface area contributed by atoms with E-state index >= 15 is 0 Å². The number of sulfonamides is 1. The number of halogens is 3. The standard InChI is InChI=1S/C40H39F3N6O7S/c1-45-35-34(36(51)46(2)39(45)54)47(24-44-35)18-8-4-3-5-9-19-48-23-31(38(52)53)49-32(50)22-28(20-26-14-10-13-25-12-6-7-17-30(25)26)33(37(49)57(48,55)56)27-15-11-16-29(21-27)40(41,42)43/h6-7,10-17,21-22,24,31H,3-5,8-9,18-20,23H2,1-2H3,(H,52,53). The van der Waals surface area contributed by atoms with E-state index < -0.39 is 62.2 Å². The zero-order chi connectivity index (χ0) is 40.8. The predicted octanol–water partition coefficient (Wildman–Crippen LogP) is 5.31. The van der Waals surface area contributed by atoms with Crippen molar-refractivity contribution in [1.29, 1.82) is 0 Å². The molecule has 0 bridgehead atoms. The van der Waals surface area contributed by atoms with Crippen molar-refractivity contribution in [3.63, 3.8) is 0 Å². The van der Waals surface area contributed by atoms with Crippen LogP contribution in [0.4, 0.5) is 13.2 Å². The Morgan fingerprint density at radius 1 is 0.860 bits per heavy atom. The number of carboxylic acid groups (broad SMARTS) is 1. The third kappa shape index (κ3) is 7.32. The van der Waals surface area contributed by atoms with Gasteiger partial charge in [-0.2, -0.15) is 17.5 Å². The number of carboxylic acids is 1. The lowest BCUT2D eigenvalue weighted by Gasteiger charge is -2.35. The first-order chi connectivity index (χ1) is 27.1. The van der Waals surface area contributed by atoms with Crippen molar-refractivity contribution in [3.05, 3.63) is 127 Å². The molecule has 0 radical (unpaired) electrons. The van der Waals surface area contributed by atoms with E-state index in [9.17, 15) is 45.9 Å². The van der Waals surface area contributed by atoms with Crippen LogP contribution in [0.5, 0.6) is 0 Å². The molecule has 3 aromatic heterocycles. The van der Waals surface area contributed by atoms with Crippen molar-refractivity contribution in [3.8, 4) is 11.1 Å². The van der Waals surface area contributed by atoms with Crippen LogP contribution in [0.1, 0.15) is 54.8 Å². The fourth-order valence-corrected chi connectivity index (χ4v) is 9.63. The molecular formula is C40H39F3N6O7S. The topological polar surface area (TPSA) is 158 Å². The Morgan fingerprint density at radius 3 is 2.28 bits per heavy atom. The van der Waals surface area contributed by atoms with E-state index in [0.717, 1.165) is 43.9 Å². The molecular weight excluding hydrogens is 766 g/mol. The fourth-order valence-electron chi connectivity index (χ4n) is 7.71. The van der Waals surface area contributed by atoms with Gasteiger partial charge in [-0.1, -0.05) is 73.9 Å². The highest BCUT2D eigenvalue weighted by atomic mass is 32.2. The third-order valence-electron chi connectivity index (χ3n) is 10.6. The first kappa shape index (κ1) is 39.4. The van der Waals surface area contributed by atoms with Crippen molar-refractivity contribution in [2.45, 2.75) is 62.3 Å². The summed E-state index contributed by atoms with van der Waals surface area (Å²) in [6.07, 6.45) is -0.376. The number of imidazole rings is 1. The zero-order valence-electron chi connectivity index (χ0n) is 31.1. The maximum atomic E-state index is 14.6. The summed E-state index contributed by atoms with van der Waals surface area (Å²) >= 11 is 0. The molecule has 1 aliphatic heterocycles. The number of fused-ring (bicyclic) bond motifs is 3. The van der Waals surface area contributed by atoms with Crippen LogP contribution in [0.3, 0.4) is 0 Å². The Labute approximate surface area is 323 Å². The van der Waals surface area contributed by atoms with E-state index in [4.69, 9.17) is 0 Å². The van der Waals surface area contributed by atoms with E-state index in [2.05, 4.69) is 4.98 Å². The second kappa shape index (κ2) is 15.3. The van der Waals surface area contributed by atoms with Gasteiger partial charge in [0, 0.05) is 45.4 Å². The molecule has 1 N–H and O–H groups in total. The van der Waals surface area contributed by atoms with Crippen LogP contribution in [-0.4, -0.2) is 60.1 Å². The molecule has 0 amide bonds. The minimum absolute atomic E-state index is 0.0230. The molecule has 1 unspecified atom stereocenters. The van der Waals surface area contributed by atoms with Gasteiger partial charge in [0.15, 0.2) is 16.2 Å². The maximum absolute atomic E-state index is 14.6. The lowest BCUT2D eigenvalue weighted by molar-refractivity contribution is -0.141. The number of alkyl halides is 3. The van der Waals surface area contributed by atoms with Crippen molar-refractivity contribution in [2.75, 3.05) is 13.1 Å². The quantitative estimate of drug-likeness (QED) is 0.163. The molecule has 7 rings (SSSR count). The average Bonchev–Trinajstić information content (AvgIpc) is 3.60. The predicted molar refractivity (Wildman–Crippen MR) is 207 cm³/mol. The number of nitrogens with zero attached hydrogens (tertiary/aromatic N) is 6. The van der Waals surface area contributed by atoms with Crippen LogP contribution < -0.4 is 16.8 Å². The number of rotatable bonds is 12. The van der Waals surface area contributed by atoms with Crippen LogP contribution >= 0.6 is 0 Å². The van der Waals surface area contributed by atoms with Crippen LogP contribution in [0, 0.1) is 0 Å². The van der Waals surface area contributed by atoms with Gasteiger partial charge in [-0.15, -0.1) is 0 Å². The van der Waals surface area contributed by atoms with Gasteiger partial charge >= 0.3 is 17.8 Å². The number of aromatic nitrogens is 5. The molecule has 0 fully saturated rings. The van der Waals surface area contributed by atoms with Crippen molar-refractivity contribution >= 4 is 37.9 Å². The van der Waals surface area contributed by atoms with Crippen LogP contribution in [0.2, 0.25) is 0 Å². The normalized spacial score (nSPS) is 15.6. The van der Waals surface area contributed by atoms with Gasteiger partial charge in [0.05, 0.1) is 11.9 Å². The highest BCUT2D eigenvalue weighted by Crippen LogP contribution is 2.40. The molecule has 3 aromatic carbocycles. The molecule has 17 heteroatoms. The lowest BCUT2D eigenvalue weighted by atomic mass is 9.93. The molecule has 298 valence electrons. The molecule has 4 heterocycles. The van der Waals surface area contributed by atoms with Gasteiger partial charge in [0.1, 0.15) is 6.04 Å². The highest BCUT2D eigenvalue weighted by molar-refractivity contribution is 7.89. The summed E-state index contributed by atoms with van der Waals surface area (Å²) in [6, 6.07) is 16.5. The van der Waals surface area contributed by atoms with Crippen LogP contribution in [-0.2, 0) is 48.1 Å². The van der Waals surface area contributed by atoms with E-state index in [-0.39, 0.29) is 35.3 Å². The van der Waals surface area contributed by atoms with E-state index in [0.29, 0.717) is 54.3 Å². The largest absolute Gasteiger partial charge is 0.480 e. The highest BCUT2D eigenvalue weighted by Gasteiger charge is 2.43. The van der Waals surface area contributed by atoms with Crippen LogP contribution in [0.25, 0.3) is 33.1 Å². The fraction of sp³-hybridized carbons (Fsp3) is 0.325. The van der Waals surface area contributed by atoms with E-state index in [1.807, 2.05) is 30.3 Å². The summed E-state index contributed by atoms with van der Waals surface area (Å²) in [7, 11) is -1.69. The number of hydrogen-bond acceptors (Lipinski definition) is 7. The molecule has 6 aromatic rings. The minimum Gasteiger partial charge on any atom is -0.480 e. The maximum Gasteiger partial charge on any atom is 0.416 e. The molecule has 57 heavy (non-hydrogen) atoms. The number of hydrogen-bond donors (Lipinski definition) is 1. The number of aryl methyl sites for hydroxylation is 2. The molecule has 0 saturated heterocycles. The first-order valence-corrected chi connectivity index (χ1v) is 19.8. The molecule has 0 aliphatic carbocycles. The summed E-state index contributed by atoms with van der Waals surface area (Å²) in [5.41, 5.74) is -1.70. The molecule has 13 nitrogen and oxygen atoms in total. The Kier molecular flexibility index (Phi) is 10.6. The van der Waals surface area contributed by atoms with Gasteiger partial charge in [0.2, 0.25) is 0 Å². The van der Waals surface area contributed by atoms with Gasteiger partial charge in [-0.25, -0.2) is 23.0 Å². The smallest absolute Gasteiger partial charge is 0.416 e. The zero-order valence-corrected chi connectivity index (χ0v) is 31.9.